The molecule has 0 saturated carbocycles. The van der Waals surface area contributed by atoms with Crippen LogP contribution in [0.1, 0.15) is 59.6 Å². The highest BCUT2D eigenvalue weighted by molar-refractivity contribution is 7.72. The van der Waals surface area contributed by atoms with Gasteiger partial charge in [0.2, 0.25) is 0 Å². The third-order valence-electron chi connectivity index (χ3n) is 4.41. The summed E-state index contributed by atoms with van der Waals surface area (Å²) in [6, 6.07) is 18.6. The van der Waals surface area contributed by atoms with E-state index in [4.69, 9.17) is 0 Å². The lowest BCUT2D eigenvalue weighted by Gasteiger charge is -2.23. The standard InChI is InChI=1S/C22H31P/c1-8-23(19-13-9-17(10-14-19)21(2,3)4)20-15-11-18(12-16-20)22(5,6)7/h9-16H,8H2,1-7H3. The van der Waals surface area contributed by atoms with Crippen molar-refractivity contribution in [3.63, 3.8) is 0 Å². The summed E-state index contributed by atoms with van der Waals surface area (Å²) in [5, 5.41) is 2.97. The van der Waals surface area contributed by atoms with Crippen molar-refractivity contribution in [3.05, 3.63) is 59.7 Å². The molecular formula is C22H31P. The van der Waals surface area contributed by atoms with Gasteiger partial charge in [-0.15, -0.1) is 0 Å². The Bertz CT molecular complexity index is 564. The molecular weight excluding hydrogens is 295 g/mol. The Morgan fingerprint density at radius 1 is 0.609 bits per heavy atom. The molecule has 0 heterocycles. The van der Waals surface area contributed by atoms with Crippen LogP contribution in [0.2, 0.25) is 0 Å². The molecule has 0 bridgehead atoms. The van der Waals surface area contributed by atoms with Crippen molar-refractivity contribution >= 4 is 18.5 Å². The van der Waals surface area contributed by atoms with Crippen molar-refractivity contribution in [2.75, 3.05) is 6.16 Å². The predicted molar refractivity (Wildman–Crippen MR) is 107 cm³/mol. The van der Waals surface area contributed by atoms with Crippen LogP contribution in [0, 0.1) is 0 Å². The second-order valence-corrected chi connectivity index (χ2v) is 10.9. The van der Waals surface area contributed by atoms with Gasteiger partial charge in [-0.3, -0.25) is 0 Å². The largest absolute Gasteiger partial charge is 0.0608 e. The van der Waals surface area contributed by atoms with E-state index in [9.17, 15) is 0 Å². The molecule has 0 saturated heterocycles. The zero-order valence-corrected chi connectivity index (χ0v) is 16.7. The monoisotopic (exact) mass is 326 g/mol. The molecule has 2 aromatic carbocycles. The third-order valence-corrected chi connectivity index (χ3v) is 6.88. The highest BCUT2D eigenvalue weighted by Gasteiger charge is 2.17. The first-order chi connectivity index (χ1) is 10.6. The molecule has 2 aromatic rings. The van der Waals surface area contributed by atoms with E-state index in [0.29, 0.717) is 0 Å². The van der Waals surface area contributed by atoms with Crippen LogP contribution in [-0.4, -0.2) is 6.16 Å². The molecule has 0 aliphatic carbocycles. The van der Waals surface area contributed by atoms with Gasteiger partial charge in [-0.1, -0.05) is 97.0 Å². The molecule has 0 spiro atoms. The minimum Gasteiger partial charge on any atom is -0.0608 e. The molecule has 0 unspecified atom stereocenters. The average Bonchev–Trinajstić information content (AvgIpc) is 2.47. The minimum absolute atomic E-state index is 0.224. The summed E-state index contributed by atoms with van der Waals surface area (Å²) in [5.74, 6) is 0. The Morgan fingerprint density at radius 3 is 1.13 bits per heavy atom. The maximum absolute atomic E-state index is 2.34. The second kappa shape index (κ2) is 6.78. The summed E-state index contributed by atoms with van der Waals surface area (Å²) >= 11 is 0. The zero-order chi connectivity index (χ0) is 17.3. The van der Waals surface area contributed by atoms with Gasteiger partial charge in [0.05, 0.1) is 0 Å². The average molecular weight is 326 g/mol. The lowest BCUT2D eigenvalue weighted by molar-refractivity contribution is 0.590. The van der Waals surface area contributed by atoms with E-state index in [-0.39, 0.29) is 18.8 Å². The second-order valence-electron chi connectivity index (χ2n) is 8.34. The van der Waals surface area contributed by atoms with Gasteiger partial charge in [0, 0.05) is 0 Å². The molecule has 0 atom stereocenters. The minimum atomic E-state index is -0.245. The van der Waals surface area contributed by atoms with Crippen LogP contribution in [-0.2, 0) is 10.8 Å². The van der Waals surface area contributed by atoms with E-state index in [0.717, 1.165) is 0 Å². The Balaban J connectivity index is 2.29. The summed E-state index contributed by atoms with van der Waals surface area (Å²) in [7, 11) is -0.245. The molecule has 124 valence electrons. The fraction of sp³-hybridized carbons (Fsp3) is 0.455. The Hall–Kier alpha value is -1.13. The Morgan fingerprint density at radius 2 is 0.913 bits per heavy atom. The van der Waals surface area contributed by atoms with Crippen molar-refractivity contribution in [1.82, 2.24) is 0 Å². The van der Waals surface area contributed by atoms with Crippen molar-refractivity contribution in [2.24, 2.45) is 0 Å². The fourth-order valence-electron chi connectivity index (χ4n) is 2.80. The highest BCUT2D eigenvalue weighted by atomic mass is 31.1. The number of rotatable bonds is 3. The fourth-order valence-corrected chi connectivity index (χ4v) is 4.84. The smallest absolute Gasteiger partial charge is 0.0132 e. The van der Waals surface area contributed by atoms with Crippen LogP contribution in [0.25, 0.3) is 0 Å². The molecule has 0 aromatic heterocycles. The van der Waals surface area contributed by atoms with E-state index in [1.54, 1.807) is 0 Å². The van der Waals surface area contributed by atoms with Crippen molar-refractivity contribution < 1.29 is 0 Å². The van der Waals surface area contributed by atoms with Gasteiger partial charge >= 0.3 is 0 Å². The molecule has 0 amide bonds. The molecule has 0 N–H and O–H groups in total. The number of hydrogen-bond donors (Lipinski definition) is 0. The third kappa shape index (κ3) is 4.45. The van der Waals surface area contributed by atoms with Crippen LogP contribution in [0.4, 0.5) is 0 Å². The van der Waals surface area contributed by atoms with Gasteiger partial charge in [0.1, 0.15) is 0 Å². The van der Waals surface area contributed by atoms with E-state index in [1.165, 1.54) is 27.9 Å². The molecule has 0 aliphatic heterocycles. The highest BCUT2D eigenvalue weighted by Crippen LogP contribution is 2.34. The van der Waals surface area contributed by atoms with E-state index in [2.05, 4.69) is 97.0 Å². The van der Waals surface area contributed by atoms with Gasteiger partial charge in [-0.25, -0.2) is 0 Å². The van der Waals surface area contributed by atoms with E-state index in [1.807, 2.05) is 0 Å². The summed E-state index contributed by atoms with van der Waals surface area (Å²) in [6.45, 7) is 15.9. The molecule has 0 fully saturated rings. The maximum Gasteiger partial charge on any atom is -0.0132 e. The van der Waals surface area contributed by atoms with Crippen molar-refractivity contribution in [1.29, 1.82) is 0 Å². The van der Waals surface area contributed by atoms with Gasteiger partial charge in [-0.2, -0.15) is 0 Å². The van der Waals surface area contributed by atoms with Gasteiger partial charge in [0.25, 0.3) is 0 Å². The van der Waals surface area contributed by atoms with Crippen LogP contribution in [0.3, 0.4) is 0 Å². The van der Waals surface area contributed by atoms with Crippen LogP contribution in [0.15, 0.2) is 48.5 Å². The Kier molecular flexibility index (Phi) is 5.37. The maximum atomic E-state index is 2.34. The van der Waals surface area contributed by atoms with Crippen LogP contribution >= 0.6 is 7.92 Å². The Labute approximate surface area is 144 Å². The van der Waals surface area contributed by atoms with Crippen LogP contribution < -0.4 is 10.6 Å². The number of benzene rings is 2. The van der Waals surface area contributed by atoms with Crippen molar-refractivity contribution in [3.8, 4) is 0 Å². The predicted octanol–water partition coefficient (Wildman–Crippen LogP) is 5.73. The molecule has 0 nitrogen and oxygen atoms in total. The topological polar surface area (TPSA) is 0 Å². The SMILES string of the molecule is CCP(c1ccc(C(C)(C)C)cc1)c1ccc(C(C)(C)C)cc1. The number of hydrogen-bond acceptors (Lipinski definition) is 0. The van der Waals surface area contributed by atoms with Crippen LogP contribution in [0.5, 0.6) is 0 Å². The molecule has 0 aliphatic rings. The van der Waals surface area contributed by atoms with Gasteiger partial charge < -0.3 is 0 Å². The first-order valence-electron chi connectivity index (χ1n) is 8.61. The first kappa shape index (κ1) is 18.2. The first-order valence-corrected chi connectivity index (χ1v) is 10.1. The molecule has 2 rings (SSSR count). The summed E-state index contributed by atoms with van der Waals surface area (Å²) < 4.78 is 0. The molecule has 1 heteroatoms. The zero-order valence-electron chi connectivity index (χ0n) is 15.8. The molecule has 23 heavy (non-hydrogen) atoms. The van der Waals surface area contributed by atoms with E-state index >= 15 is 0 Å². The lowest BCUT2D eigenvalue weighted by atomic mass is 9.87. The summed E-state index contributed by atoms with van der Waals surface area (Å²) in [4.78, 5) is 0. The van der Waals surface area contributed by atoms with Gasteiger partial charge in [0.15, 0.2) is 0 Å². The van der Waals surface area contributed by atoms with Crippen molar-refractivity contribution in [2.45, 2.75) is 59.3 Å². The lowest BCUT2D eigenvalue weighted by Crippen LogP contribution is -2.17. The van der Waals surface area contributed by atoms with E-state index < -0.39 is 0 Å². The molecule has 0 radical (unpaired) electrons. The quantitative estimate of drug-likeness (QED) is 0.631. The normalized spacial score (nSPS) is 12.7. The summed E-state index contributed by atoms with van der Waals surface area (Å²) in [6.07, 6.45) is 1.19. The van der Waals surface area contributed by atoms with Gasteiger partial charge in [-0.05, 0) is 46.6 Å². The summed E-state index contributed by atoms with van der Waals surface area (Å²) in [5.41, 5.74) is 3.27.